The molecule has 2 N–H and O–H groups in total. The number of halogens is 1. The third-order valence-electron chi connectivity index (χ3n) is 4.72. The predicted molar refractivity (Wildman–Crippen MR) is 104 cm³/mol. The van der Waals surface area contributed by atoms with E-state index in [0.717, 1.165) is 44.0 Å². The lowest BCUT2D eigenvalue weighted by Crippen LogP contribution is -2.48. The Morgan fingerprint density at radius 1 is 1.19 bits per heavy atom. The van der Waals surface area contributed by atoms with E-state index in [-0.39, 0.29) is 17.8 Å². The third-order valence-corrected chi connectivity index (χ3v) is 5.82. The number of hydrogen-bond donors (Lipinski definition) is 1. The molecular formula is C20H26FN3OS. The monoisotopic (exact) mass is 375 g/mol. The van der Waals surface area contributed by atoms with Crippen LogP contribution in [0.4, 0.5) is 4.39 Å². The molecule has 6 heteroatoms. The lowest BCUT2D eigenvalue weighted by Gasteiger charge is -2.34. The minimum absolute atomic E-state index is 0.0720. The molecule has 1 amide bonds. The van der Waals surface area contributed by atoms with Gasteiger partial charge >= 0.3 is 0 Å². The van der Waals surface area contributed by atoms with Gasteiger partial charge in [-0.25, -0.2) is 4.39 Å². The van der Waals surface area contributed by atoms with E-state index in [1.54, 1.807) is 17.4 Å². The van der Waals surface area contributed by atoms with Crippen molar-refractivity contribution in [2.24, 2.45) is 5.73 Å². The zero-order chi connectivity index (χ0) is 18.5. The molecule has 1 unspecified atom stereocenters. The van der Waals surface area contributed by atoms with Crippen molar-refractivity contribution in [2.45, 2.75) is 32.4 Å². The second-order valence-corrected chi connectivity index (χ2v) is 8.09. The van der Waals surface area contributed by atoms with Gasteiger partial charge in [-0.05, 0) is 31.5 Å². The molecule has 26 heavy (non-hydrogen) atoms. The summed E-state index contributed by atoms with van der Waals surface area (Å²) >= 11 is 1.64. The number of rotatable bonds is 6. The Hall–Kier alpha value is -1.76. The van der Waals surface area contributed by atoms with Crippen LogP contribution < -0.4 is 5.73 Å². The first kappa shape index (κ1) is 19.0. The summed E-state index contributed by atoms with van der Waals surface area (Å²) in [7, 11) is 0. The zero-order valence-electron chi connectivity index (χ0n) is 15.2. The molecule has 1 aliphatic rings. The molecule has 1 aromatic heterocycles. The fourth-order valence-electron chi connectivity index (χ4n) is 3.15. The summed E-state index contributed by atoms with van der Waals surface area (Å²) in [6.07, 6.45) is 1.28. The molecule has 1 aliphatic heterocycles. The van der Waals surface area contributed by atoms with Crippen molar-refractivity contribution in [1.82, 2.24) is 9.80 Å². The average molecular weight is 376 g/mol. The molecule has 1 aromatic carbocycles. The van der Waals surface area contributed by atoms with Crippen molar-refractivity contribution in [1.29, 1.82) is 0 Å². The average Bonchev–Trinajstić information content (AvgIpc) is 3.09. The molecule has 140 valence electrons. The second-order valence-electron chi connectivity index (χ2n) is 6.92. The first-order valence-corrected chi connectivity index (χ1v) is 9.94. The Morgan fingerprint density at radius 2 is 1.92 bits per heavy atom. The van der Waals surface area contributed by atoms with E-state index in [1.165, 1.54) is 10.9 Å². The minimum atomic E-state index is -0.181. The smallest absolute Gasteiger partial charge is 0.222 e. The number of carbonyl (C=O) groups is 1. The van der Waals surface area contributed by atoms with Gasteiger partial charge in [0.05, 0.1) is 0 Å². The molecule has 0 spiro atoms. The molecule has 1 atom stereocenters. The highest BCUT2D eigenvalue weighted by atomic mass is 32.1. The number of amides is 1. The molecule has 0 bridgehead atoms. The normalized spacial score (nSPS) is 16.7. The highest BCUT2D eigenvalue weighted by molar-refractivity contribution is 7.15. The Bertz CT molecular complexity index is 738. The Morgan fingerprint density at radius 3 is 2.62 bits per heavy atom. The van der Waals surface area contributed by atoms with Gasteiger partial charge in [-0.15, -0.1) is 11.3 Å². The van der Waals surface area contributed by atoms with E-state index in [1.807, 2.05) is 30.0 Å². The third kappa shape index (κ3) is 4.90. The van der Waals surface area contributed by atoms with Crippen LogP contribution in [-0.4, -0.2) is 47.9 Å². The maximum absolute atomic E-state index is 13.9. The number of hydrogen-bond acceptors (Lipinski definition) is 4. The number of benzene rings is 1. The Kier molecular flexibility index (Phi) is 6.40. The quantitative estimate of drug-likeness (QED) is 0.843. The van der Waals surface area contributed by atoms with Gasteiger partial charge < -0.3 is 10.6 Å². The van der Waals surface area contributed by atoms with Crippen LogP contribution in [0.15, 0.2) is 36.4 Å². The first-order chi connectivity index (χ1) is 12.5. The predicted octanol–water partition coefficient (Wildman–Crippen LogP) is 3.33. The molecule has 0 saturated carbocycles. The summed E-state index contributed by atoms with van der Waals surface area (Å²) in [6, 6.07) is 11.0. The minimum Gasteiger partial charge on any atom is -0.340 e. The molecule has 0 radical (unpaired) electrons. The second kappa shape index (κ2) is 8.75. The molecule has 2 heterocycles. The lowest BCUT2D eigenvalue weighted by molar-refractivity contribution is -0.133. The number of piperazine rings is 1. The number of nitrogens with two attached hydrogens (primary N) is 1. The van der Waals surface area contributed by atoms with E-state index >= 15 is 0 Å². The van der Waals surface area contributed by atoms with Crippen LogP contribution >= 0.6 is 11.3 Å². The Labute approximate surface area is 158 Å². The van der Waals surface area contributed by atoms with Crippen molar-refractivity contribution >= 4 is 17.2 Å². The van der Waals surface area contributed by atoms with Gasteiger partial charge in [0, 0.05) is 60.5 Å². The van der Waals surface area contributed by atoms with Gasteiger partial charge in [-0.2, -0.15) is 0 Å². The van der Waals surface area contributed by atoms with E-state index in [9.17, 15) is 9.18 Å². The van der Waals surface area contributed by atoms with Crippen LogP contribution in [0, 0.1) is 5.82 Å². The fourth-order valence-corrected chi connectivity index (χ4v) is 4.23. The first-order valence-electron chi connectivity index (χ1n) is 9.12. The summed E-state index contributed by atoms with van der Waals surface area (Å²) in [5.41, 5.74) is 6.39. The van der Waals surface area contributed by atoms with E-state index in [2.05, 4.69) is 11.0 Å². The highest BCUT2D eigenvalue weighted by Gasteiger charge is 2.21. The zero-order valence-corrected chi connectivity index (χ0v) is 16.0. The van der Waals surface area contributed by atoms with Crippen molar-refractivity contribution in [2.75, 3.05) is 26.2 Å². The van der Waals surface area contributed by atoms with E-state index in [4.69, 9.17) is 5.73 Å². The van der Waals surface area contributed by atoms with E-state index < -0.39 is 0 Å². The van der Waals surface area contributed by atoms with Crippen LogP contribution in [0.3, 0.4) is 0 Å². The van der Waals surface area contributed by atoms with Crippen molar-refractivity contribution in [3.63, 3.8) is 0 Å². The summed E-state index contributed by atoms with van der Waals surface area (Å²) < 4.78 is 13.9. The van der Waals surface area contributed by atoms with Crippen LogP contribution in [0.25, 0.3) is 10.4 Å². The molecule has 4 nitrogen and oxygen atoms in total. The molecule has 3 rings (SSSR count). The largest absolute Gasteiger partial charge is 0.340 e. The Balaban J connectivity index is 1.51. The van der Waals surface area contributed by atoms with Crippen LogP contribution in [-0.2, 0) is 11.3 Å². The number of nitrogens with zero attached hydrogens (tertiary/aromatic N) is 2. The van der Waals surface area contributed by atoms with Crippen LogP contribution in [0.2, 0.25) is 0 Å². The molecule has 1 saturated heterocycles. The van der Waals surface area contributed by atoms with Crippen LogP contribution in [0.5, 0.6) is 0 Å². The lowest BCUT2D eigenvalue weighted by atomic mass is 10.1. The SMILES string of the molecule is CC(N)CCC(=O)N1CCN(Cc2ccc(-c3ccccc3F)s2)CC1. The van der Waals surface area contributed by atoms with Crippen molar-refractivity contribution in [3.8, 4) is 10.4 Å². The maximum Gasteiger partial charge on any atom is 0.222 e. The van der Waals surface area contributed by atoms with Gasteiger partial charge in [0.15, 0.2) is 0 Å². The summed E-state index contributed by atoms with van der Waals surface area (Å²) in [5.74, 6) is 0.0275. The van der Waals surface area contributed by atoms with Crippen LogP contribution in [0.1, 0.15) is 24.6 Å². The van der Waals surface area contributed by atoms with Crippen molar-refractivity contribution < 1.29 is 9.18 Å². The van der Waals surface area contributed by atoms with Gasteiger partial charge in [-0.1, -0.05) is 18.2 Å². The summed E-state index contributed by atoms with van der Waals surface area (Å²) in [6.45, 7) is 6.06. The molecule has 1 fully saturated rings. The maximum atomic E-state index is 13.9. The topological polar surface area (TPSA) is 49.6 Å². The van der Waals surface area contributed by atoms with Gasteiger partial charge in [0.1, 0.15) is 5.82 Å². The summed E-state index contributed by atoms with van der Waals surface area (Å²) in [4.78, 5) is 18.7. The number of carbonyl (C=O) groups excluding carboxylic acids is 1. The van der Waals surface area contributed by atoms with E-state index in [0.29, 0.717) is 12.0 Å². The highest BCUT2D eigenvalue weighted by Crippen LogP contribution is 2.30. The standard InChI is InChI=1S/C20H26FN3OS/c1-15(22)6-9-20(25)24-12-10-23(11-13-24)14-16-7-8-19(26-16)17-4-2-3-5-18(17)21/h2-5,7-8,15H,6,9-14,22H2,1H3. The van der Waals surface area contributed by atoms with Crippen molar-refractivity contribution in [3.05, 3.63) is 47.1 Å². The molecule has 0 aliphatic carbocycles. The van der Waals surface area contributed by atoms with Gasteiger partial charge in [0.2, 0.25) is 5.91 Å². The number of thiophene rings is 1. The van der Waals surface area contributed by atoms with Gasteiger partial charge in [0.25, 0.3) is 0 Å². The molecule has 2 aromatic rings. The van der Waals surface area contributed by atoms with Gasteiger partial charge in [-0.3, -0.25) is 9.69 Å². The summed E-state index contributed by atoms with van der Waals surface area (Å²) in [5, 5.41) is 0. The molecular weight excluding hydrogens is 349 g/mol. The fraction of sp³-hybridized carbons (Fsp3) is 0.450.